The zero-order chi connectivity index (χ0) is 21.6. The summed E-state index contributed by atoms with van der Waals surface area (Å²) >= 11 is 0. The number of morpholine rings is 1. The number of carbonyl (C=O) groups is 1. The summed E-state index contributed by atoms with van der Waals surface area (Å²) in [6, 6.07) is 4.44. The number of carbonyl (C=O) groups excluding carboxylic acids is 1. The van der Waals surface area contributed by atoms with Crippen molar-refractivity contribution >= 4 is 17.3 Å². The first-order valence-electron chi connectivity index (χ1n) is 9.84. The number of amides is 1. The first kappa shape index (κ1) is 23.1. The van der Waals surface area contributed by atoms with Crippen LogP contribution in [-0.4, -0.2) is 73.4 Å². The summed E-state index contributed by atoms with van der Waals surface area (Å²) in [5.74, 6) is -0.334. The Morgan fingerprint density at radius 2 is 2.00 bits per heavy atom. The van der Waals surface area contributed by atoms with Gasteiger partial charge in [-0.1, -0.05) is 0 Å². The Bertz CT molecular complexity index is 715. The Balaban J connectivity index is 2.04. The molecule has 0 spiro atoms. The molecule has 0 saturated carbocycles. The number of hydrogen-bond acceptors (Lipinski definition) is 7. The molecule has 1 aromatic rings. The topological polar surface area (TPSA) is 106 Å². The third kappa shape index (κ3) is 6.38. The summed E-state index contributed by atoms with van der Waals surface area (Å²) in [4.78, 5) is 25.8. The van der Waals surface area contributed by atoms with E-state index in [-0.39, 0.29) is 34.9 Å². The molecule has 2 atom stereocenters. The van der Waals surface area contributed by atoms with E-state index in [2.05, 4.69) is 29.4 Å². The molecule has 1 amide bonds. The zero-order valence-electron chi connectivity index (χ0n) is 17.9. The van der Waals surface area contributed by atoms with E-state index in [4.69, 9.17) is 9.47 Å². The van der Waals surface area contributed by atoms with E-state index >= 15 is 0 Å². The average Bonchev–Trinajstić information content (AvgIpc) is 2.65. The minimum Gasteiger partial charge on any atom is -0.383 e. The predicted molar refractivity (Wildman–Crippen MR) is 111 cm³/mol. The van der Waals surface area contributed by atoms with Crippen LogP contribution in [0.4, 0.5) is 11.4 Å². The maximum absolute atomic E-state index is 12.6. The van der Waals surface area contributed by atoms with E-state index in [9.17, 15) is 14.9 Å². The number of anilines is 1. The van der Waals surface area contributed by atoms with Gasteiger partial charge in [0, 0.05) is 50.5 Å². The Morgan fingerprint density at radius 3 is 2.59 bits per heavy atom. The normalized spacial score (nSPS) is 20.3. The Kier molecular flexibility index (Phi) is 7.95. The second kappa shape index (κ2) is 10.00. The third-order valence-electron chi connectivity index (χ3n) is 5.04. The third-order valence-corrected chi connectivity index (χ3v) is 5.04. The van der Waals surface area contributed by atoms with Gasteiger partial charge in [0.1, 0.15) is 5.69 Å². The van der Waals surface area contributed by atoms with Gasteiger partial charge < -0.3 is 20.1 Å². The number of nitrogens with one attached hydrogen (secondary N) is 2. The van der Waals surface area contributed by atoms with Crippen molar-refractivity contribution in [1.29, 1.82) is 0 Å². The fraction of sp³-hybridized carbons (Fsp3) is 0.650. The van der Waals surface area contributed by atoms with Crippen molar-refractivity contribution in [2.75, 3.05) is 45.2 Å². The highest BCUT2D eigenvalue weighted by molar-refractivity contribution is 5.95. The van der Waals surface area contributed by atoms with Gasteiger partial charge in [-0.2, -0.15) is 0 Å². The second-order valence-electron chi connectivity index (χ2n) is 8.07. The Morgan fingerprint density at radius 1 is 1.34 bits per heavy atom. The summed E-state index contributed by atoms with van der Waals surface area (Å²) in [5.41, 5.74) is 0.216. The van der Waals surface area contributed by atoms with Crippen molar-refractivity contribution in [3.8, 4) is 0 Å². The molecular weight excluding hydrogens is 376 g/mol. The van der Waals surface area contributed by atoms with E-state index in [1.54, 1.807) is 19.2 Å². The molecule has 2 rings (SSSR count). The van der Waals surface area contributed by atoms with Gasteiger partial charge in [0.15, 0.2) is 0 Å². The largest absolute Gasteiger partial charge is 0.383 e. The molecule has 1 aliphatic rings. The molecule has 9 heteroatoms. The molecule has 0 aromatic heterocycles. The van der Waals surface area contributed by atoms with Crippen LogP contribution in [0.15, 0.2) is 18.2 Å². The molecule has 1 saturated heterocycles. The minimum absolute atomic E-state index is 0.134. The highest BCUT2D eigenvalue weighted by Gasteiger charge is 2.33. The molecule has 2 N–H and O–H groups in total. The molecule has 1 heterocycles. The lowest BCUT2D eigenvalue weighted by Crippen LogP contribution is -2.58. The molecule has 1 aromatic carbocycles. The van der Waals surface area contributed by atoms with Crippen LogP contribution in [0.25, 0.3) is 0 Å². The number of ether oxygens (including phenoxy) is 2. The van der Waals surface area contributed by atoms with Crippen molar-refractivity contribution in [3.63, 3.8) is 0 Å². The number of methoxy groups -OCH3 is 1. The summed E-state index contributed by atoms with van der Waals surface area (Å²) in [6.07, 6.45) is 0.268. The summed E-state index contributed by atoms with van der Waals surface area (Å²) < 4.78 is 10.7. The zero-order valence-corrected chi connectivity index (χ0v) is 17.9. The highest BCUT2D eigenvalue weighted by atomic mass is 16.6. The number of nitro benzene ring substituents is 1. The second-order valence-corrected chi connectivity index (χ2v) is 8.07. The van der Waals surface area contributed by atoms with Gasteiger partial charge >= 0.3 is 0 Å². The smallest absolute Gasteiger partial charge is 0.293 e. The maximum atomic E-state index is 12.6. The van der Waals surface area contributed by atoms with Crippen molar-refractivity contribution in [3.05, 3.63) is 33.9 Å². The molecule has 2 unspecified atom stereocenters. The quantitative estimate of drug-likeness (QED) is 0.367. The van der Waals surface area contributed by atoms with E-state index in [0.29, 0.717) is 25.4 Å². The van der Waals surface area contributed by atoms with Crippen LogP contribution in [0.5, 0.6) is 0 Å². The van der Waals surface area contributed by atoms with Crippen molar-refractivity contribution in [1.82, 2.24) is 10.2 Å². The number of nitrogens with zero attached hydrogens (tertiary/aromatic N) is 2. The number of rotatable bonds is 9. The summed E-state index contributed by atoms with van der Waals surface area (Å²) in [7, 11) is 1.56. The lowest BCUT2D eigenvalue weighted by Gasteiger charge is -2.45. The molecular formula is C20H32N4O5. The van der Waals surface area contributed by atoms with Gasteiger partial charge in [-0.05, 0) is 39.8 Å². The van der Waals surface area contributed by atoms with Gasteiger partial charge in [0.05, 0.1) is 23.7 Å². The lowest BCUT2D eigenvalue weighted by atomic mass is 10.00. The average molecular weight is 408 g/mol. The van der Waals surface area contributed by atoms with Gasteiger partial charge in [0.2, 0.25) is 0 Å². The van der Waals surface area contributed by atoms with Crippen LogP contribution in [0.1, 0.15) is 38.1 Å². The van der Waals surface area contributed by atoms with Gasteiger partial charge in [0.25, 0.3) is 11.6 Å². The van der Waals surface area contributed by atoms with Gasteiger partial charge in [-0.15, -0.1) is 0 Å². The number of benzene rings is 1. The number of hydrogen-bond donors (Lipinski definition) is 2. The van der Waals surface area contributed by atoms with Crippen molar-refractivity contribution in [2.24, 2.45) is 0 Å². The fourth-order valence-corrected chi connectivity index (χ4v) is 3.44. The molecule has 29 heavy (non-hydrogen) atoms. The van der Waals surface area contributed by atoms with Crippen molar-refractivity contribution in [2.45, 2.75) is 45.4 Å². The van der Waals surface area contributed by atoms with Gasteiger partial charge in [-0.25, -0.2) is 0 Å². The molecule has 0 bridgehead atoms. The first-order chi connectivity index (χ1) is 13.6. The van der Waals surface area contributed by atoms with Crippen LogP contribution in [-0.2, 0) is 9.47 Å². The maximum Gasteiger partial charge on any atom is 0.293 e. The molecule has 162 valence electrons. The molecule has 1 fully saturated rings. The molecule has 1 aliphatic heterocycles. The van der Waals surface area contributed by atoms with E-state index < -0.39 is 4.92 Å². The Hall–Kier alpha value is -2.23. The first-order valence-corrected chi connectivity index (χ1v) is 9.84. The lowest BCUT2D eigenvalue weighted by molar-refractivity contribution is -0.384. The van der Waals surface area contributed by atoms with Crippen LogP contribution < -0.4 is 10.6 Å². The van der Waals surface area contributed by atoms with E-state index in [1.165, 1.54) is 6.07 Å². The van der Waals surface area contributed by atoms with E-state index in [1.807, 2.05) is 13.8 Å². The van der Waals surface area contributed by atoms with Crippen molar-refractivity contribution < 1.29 is 19.2 Å². The Labute approximate surface area is 171 Å². The number of nitro groups is 1. The van der Waals surface area contributed by atoms with Crippen LogP contribution in [0.2, 0.25) is 0 Å². The van der Waals surface area contributed by atoms with Gasteiger partial charge in [-0.3, -0.25) is 19.8 Å². The monoisotopic (exact) mass is 408 g/mol. The molecule has 0 aliphatic carbocycles. The summed E-state index contributed by atoms with van der Waals surface area (Å²) in [5, 5.41) is 17.3. The van der Waals surface area contributed by atoms with Crippen LogP contribution >= 0.6 is 0 Å². The minimum atomic E-state index is -0.494. The SMILES string of the molecule is COCCNc1ccc(C(=O)NCC(C)(C)N2CC(C)OC(C)C2)cc1[N+](=O)[O-]. The summed E-state index contributed by atoms with van der Waals surface area (Å²) in [6.45, 7) is 11.1. The fourth-order valence-electron chi connectivity index (χ4n) is 3.44. The molecule has 9 nitrogen and oxygen atoms in total. The molecule has 0 radical (unpaired) electrons. The van der Waals surface area contributed by atoms with Crippen LogP contribution in [0.3, 0.4) is 0 Å². The van der Waals surface area contributed by atoms with Crippen LogP contribution in [0, 0.1) is 10.1 Å². The standard InChI is InChI=1S/C20H32N4O5/c1-14-11-23(12-15(2)29-14)20(3,4)13-22-19(25)16-6-7-17(21-8-9-28-5)18(10-16)24(26)27/h6-7,10,14-15,21H,8-9,11-13H2,1-5H3,(H,22,25). The predicted octanol–water partition coefficient (Wildman–Crippen LogP) is 2.27. The van der Waals surface area contributed by atoms with E-state index in [0.717, 1.165) is 13.1 Å². The highest BCUT2D eigenvalue weighted by Crippen LogP contribution is 2.26.